The summed E-state index contributed by atoms with van der Waals surface area (Å²) in [7, 11) is 0. The number of nitro benzene ring substituents is 1. The molecule has 0 aliphatic carbocycles. The predicted molar refractivity (Wildman–Crippen MR) is 69.8 cm³/mol. The molecule has 1 fully saturated rings. The van der Waals surface area contributed by atoms with Crippen molar-refractivity contribution in [3.63, 3.8) is 0 Å². The van der Waals surface area contributed by atoms with Crippen molar-refractivity contribution in [2.24, 2.45) is 0 Å². The highest BCUT2D eigenvalue weighted by Crippen LogP contribution is 2.30. The van der Waals surface area contributed by atoms with Gasteiger partial charge in [-0.3, -0.25) is 14.9 Å². The molecular formula is C12H11ClN2O5. The second-order valence-electron chi connectivity index (χ2n) is 4.39. The lowest BCUT2D eigenvalue weighted by atomic mass is 10.1. The highest BCUT2D eigenvalue weighted by molar-refractivity contribution is 6.35. The molecule has 1 amide bonds. The van der Waals surface area contributed by atoms with Crippen LogP contribution in [0.25, 0.3) is 0 Å². The molecule has 0 spiro atoms. The van der Waals surface area contributed by atoms with Gasteiger partial charge >= 0.3 is 5.97 Å². The van der Waals surface area contributed by atoms with E-state index >= 15 is 0 Å². The van der Waals surface area contributed by atoms with E-state index in [0.29, 0.717) is 19.4 Å². The van der Waals surface area contributed by atoms with Gasteiger partial charge in [0.15, 0.2) is 0 Å². The summed E-state index contributed by atoms with van der Waals surface area (Å²) in [6.07, 6.45) is 0.947. The molecule has 7 nitrogen and oxygen atoms in total. The van der Waals surface area contributed by atoms with Gasteiger partial charge in [-0.15, -0.1) is 0 Å². The van der Waals surface area contributed by atoms with Crippen LogP contribution >= 0.6 is 11.6 Å². The van der Waals surface area contributed by atoms with Crippen molar-refractivity contribution in [2.45, 2.75) is 18.9 Å². The lowest BCUT2D eigenvalue weighted by Crippen LogP contribution is -2.40. The number of benzene rings is 1. The number of amides is 1. The van der Waals surface area contributed by atoms with E-state index in [0.717, 1.165) is 0 Å². The van der Waals surface area contributed by atoms with Gasteiger partial charge in [-0.25, -0.2) is 4.79 Å². The van der Waals surface area contributed by atoms with Crippen LogP contribution in [0.2, 0.25) is 5.02 Å². The van der Waals surface area contributed by atoms with Crippen molar-refractivity contribution in [3.8, 4) is 0 Å². The number of carbonyl (C=O) groups excluding carboxylic acids is 1. The molecule has 8 heteroatoms. The van der Waals surface area contributed by atoms with E-state index in [-0.39, 0.29) is 16.3 Å². The highest BCUT2D eigenvalue weighted by Gasteiger charge is 2.35. The molecule has 1 heterocycles. The molecule has 1 aliphatic heterocycles. The average Bonchev–Trinajstić information content (AvgIpc) is 2.87. The number of rotatable bonds is 3. The zero-order valence-electron chi connectivity index (χ0n) is 10.3. The van der Waals surface area contributed by atoms with Gasteiger partial charge in [0.2, 0.25) is 0 Å². The van der Waals surface area contributed by atoms with Crippen molar-refractivity contribution in [1.82, 2.24) is 4.90 Å². The monoisotopic (exact) mass is 298 g/mol. The predicted octanol–water partition coefficient (Wildman–Crippen LogP) is 1.94. The maximum absolute atomic E-state index is 12.3. The van der Waals surface area contributed by atoms with E-state index in [1.54, 1.807) is 0 Å². The Balaban J connectivity index is 2.37. The smallest absolute Gasteiger partial charge is 0.326 e. The first-order valence-corrected chi connectivity index (χ1v) is 6.28. The quantitative estimate of drug-likeness (QED) is 0.679. The Morgan fingerprint density at radius 1 is 1.45 bits per heavy atom. The fraction of sp³-hybridized carbons (Fsp3) is 0.333. The number of halogens is 1. The second-order valence-corrected chi connectivity index (χ2v) is 4.77. The van der Waals surface area contributed by atoms with Crippen LogP contribution in [-0.2, 0) is 4.79 Å². The van der Waals surface area contributed by atoms with Gasteiger partial charge in [-0.2, -0.15) is 0 Å². The SMILES string of the molecule is O=C(O)[C@H]1CCCN1C(=O)c1cccc([N+](=O)[O-])c1Cl. The molecule has 1 aromatic rings. The van der Waals surface area contributed by atoms with Crippen LogP contribution < -0.4 is 0 Å². The average molecular weight is 299 g/mol. The molecular weight excluding hydrogens is 288 g/mol. The van der Waals surface area contributed by atoms with E-state index in [9.17, 15) is 19.7 Å². The van der Waals surface area contributed by atoms with Gasteiger partial charge in [0.05, 0.1) is 10.5 Å². The van der Waals surface area contributed by atoms with Crippen LogP contribution in [0, 0.1) is 10.1 Å². The van der Waals surface area contributed by atoms with Crippen molar-refractivity contribution in [2.75, 3.05) is 6.54 Å². The number of carbonyl (C=O) groups is 2. The van der Waals surface area contributed by atoms with Crippen LogP contribution in [0.4, 0.5) is 5.69 Å². The molecule has 20 heavy (non-hydrogen) atoms. The summed E-state index contributed by atoms with van der Waals surface area (Å²) < 4.78 is 0. The Labute approximate surface area is 118 Å². The number of carboxylic acids is 1. The second kappa shape index (κ2) is 5.46. The molecule has 106 valence electrons. The summed E-state index contributed by atoms with van der Waals surface area (Å²) in [6, 6.07) is 2.99. The van der Waals surface area contributed by atoms with E-state index in [4.69, 9.17) is 16.7 Å². The van der Waals surface area contributed by atoms with E-state index in [1.807, 2.05) is 0 Å². The molecule has 0 aromatic heterocycles. The normalized spacial score (nSPS) is 18.1. The largest absolute Gasteiger partial charge is 0.480 e. The molecule has 0 bridgehead atoms. The molecule has 0 radical (unpaired) electrons. The third-order valence-electron chi connectivity index (χ3n) is 3.20. The van der Waals surface area contributed by atoms with Crippen LogP contribution in [0.15, 0.2) is 18.2 Å². The number of carboxylic acid groups (broad SMARTS) is 1. The summed E-state index contributed by atoms with van der Waals surface area (Å²) in [5.74, 6) is -1.68. The fourth-order valence-corrected chi connectivity index (χ4v) is 2.52. The topological polar surface area (TPSA) is 101 Å². The van der Waals surface area contributed by atoms with Crippen molar-refractivity contribution < 1.29 is 19.6 Å². The number of nitrogens with zero attached hydrogens (tertiary/aromatic N) is 2. The van der Waals surface area contributed by atoms with Gasteiger partial charge in [0, 0.05) is 12.6 Å². The maximum Gasteiger partial charge on any atom is 0.326 e. The van der Waals surface area contributed by atoms with Crippen LogP contribution in [-0.4, -0.2) is 39.4 Å². The molecule has 1 saturated heterocycles. The van der Waals surface area contributed by atoms with Gasteiger partial charge < -0.3 is 10.0 Å². The third-order valence-corrected chi connectivity index (χ3v) is 3.60. The van der Waals surface area contributed by atoms with Crippen molar-refractivity contribution in [1.29, 1.82) is 0 Å². The summed E-state index contributed by atoms with van der Waals surface area (Å²) in [5.41, 5.74) is -0.419. The zero-order valence-corrected chi connectivity index (χ0v) is 11.0. The molecule has 1 aliphatic rings. The van der Waals surface area contributed by atoms with Crippen molar-refractivity contribution in [3.05, 3.63) is 38.9 Å². The Hall–Kier alpha value is -2.15. The minimum atomic E-state index is -1.09. The summed E-state index contributed by atoms with van der Waals surface area (Å²) in [4.78, 5) is 34.7. The first-order chi connectivity index (χ1) is 9.43. The standard InChI is InChI=1S/C12H11ClN2O5/c13-10-7(3-1-4-8(10)15(19)20)11(16)14-6-2-5-9(14)12(17)18/h1,3-4,9H,2,5-6H2,(H,17,18)/t9-/m1/s1. The lowest BCUT2D eigenvalue weighted by Gasteiger charge is -2.21. The van der Waals surface area contributed by atoms with Crippen LogP contribution in [0.5, 0.6) is 0 Å². The minimum Gasteiger partial charge on any atom is -0.480 e. The molecule has 1 N–H and O–H groups in total. The van der Waals surface area contributed by atoms with Gasteiger partial charge in [0.1, 0.15) is 11.1 Å². The number of nitro groups is 1. The number of aliphatic carboxylic acids is 1. The van der Waals surface area contributed by atoms with Crippen LogP contribution in [0.1, 0.15) is 23.2 Å². The first kappa shape index (κ1) is 14.3. The van der Waals surface area contributed by atoms with Gasteiger partial charge in [-0.1, -0.05) is 17.7 Å². The maximum atomic E-state index is 12.3. The van der Waals surface area contributed by atoms with Gasteiger partial charge in [0.25, 0.3) is 11.6 Å². The number of hydrogen-bond donors (Lipinski definition) is 1. The number of hydrogen-bond acceptors (Lipinski definition) is 4. The fourth-order valence-electron chi connectivity index (χ4n) is 2.25. The Morgan fingerprint density at radius 2 is 2.15 bits per heavy atom. The summed E-state index contributed by atoms with van der Waals surface area (Å²) in [6.45, 7) is 0.300. The molecule has 0 unspecified atom stereocenters. The first-order valence-electron chi connectivity index (χ1n) is 5.90. The minimum absolute atomic E-state index is 0.0472. The van der Waals surface area contributed by atoms with Crippen molar-refractivity contribution >= 4 is 29.2 Å². The molecule has 1 aromatic carbocycles. The Morgan fingerprint density at radius 3 is 2.75 bits per heavy atom. The highest BCUT2D eigenvalue weighted by atomic mass is 35.5. The summed E-state index contributed by atoms with van der Waals surface area (Å²) in [5, 5.41) is 19.6. The third kappa shape index (κ3) is 2.44. The molecule has 0 saturated carbocycles. The van der Waals surface area contributed by atoms with E-state index in [2.05, 4.69) is 0 Å². The lowest BCUT2D eigenvalue weighted by molar-refractivity contribution is -0.384. The van der Waals surface area contributed by atoms with E-state index < -0.39 is 22.8 Å². The molecule has 1 atom stereocenters. The van der Waals surface area contributed by atoms with E-state index in [1.165, 1.54) is 23.1 Å². The zero-order chi connectivity index (χ0) is 14.9. The Bertz CT molecular complexity index is 589. The van der Waals surface area contributed by atoms with Gasteiger partial charge in [-0.05, 0) is 18.9 Å². The summed E-state index contributed by atoms with van der Waals surface area (Å²) >= 11 is 5.87. The molecule has 2 rings (SSSR count). The Kier molecular flexibility index (Phi) is 3.89. The van der Waals surface area contributed by atoms with Crippen LogP contribution in [0.3, 0.4) is 0 Å². The number of likely N-dealkylation sites (tertiary alicyclic amines) is 1.